The number of aromatic nitrogens is 2. The van der Waals surface area contributed by atoms with E-state index in [9.17, 15) is 19.4 Å². The largest absolute Gasteiger partial charge is 0.493 e. The van der Waals surface area contributed by atoms with Crippen molar-refractivity contribution in [2.75, 3.05) is 59.6 Å². The Morgan fingerprint density at radius 2 is 1.77 bits per heavy atom. The van der Waals surface area contributed by atoms with Gasteiger partial charge in [-0.3, -0.25) is 4.79 Å². The Morgan fingerprint density at radius 3 is 2.42 bits per heavy atom. The van der Waals surface area contributed by atoms with Gasteiger partial charge in [-0.05, 0) is 24.3 Å². The third-order valence-corrected chi connectivity index (χ3v) is 6.26. The van der Waals surface area contributed by atoms with E-state index in [1.54, 1.807) is 31.3 Å². The van der Waals surface area contributed by atoms with E-state index in [2.05, 4.69) is 15.3 Å². The second kappa shape index (κ2) is 15.5. The Balaban J connectivity index is 1.66. The first-order valence-electron chi connectivity index (χ1n) is 12.5. The molecule has 3 N–H and O–H groups in total. The maximum Gasteiger partial charge on any atom is 0.225 e. The predicted octanol–water partition coefficient (Wildman–Crippen LogP) is 3.18. The molecule has 40 heavy (non-hydrogen) atoms. The molecule has 0 radical (unpaired) electrons. The van der Waals surface area contributed by atoms with Gasteiger partial charge in [0.25, 0.3) is 0 Å². The summed E-state index contributed by atoms with van der Waals surface area (Å²) in [6.07, 6.45) is -1.02. The smallest absolute Gasteiger partial charge is 0.225 e. The highest BCUT2D eigenvalue weighted by Gasteiger charge is 2.21. The lowest BCUT2D eigenvalue weighted by Gasteiger charge is -2.24. The highest BCUT2D eigenvalue weighted by molar-refractivity contribution is 6.31. The number of carbonyl (C=O) groups is 1. The van der Waals surface area contributed by atoms with Gasteiger partial charge in [-0.25, -0.2) is 14.4 Å². The van der Waals surface area contributed by atoms with Crippen LogP contribution in [0.1, 0.15) is 12.8 Å². The van der Waals surface area contributed by atoms with Crippen molar-refractivity contribution in [2.45, 2.75) is 25.0 Å². The molecule has 218 valence electrons. The van der Waals surface area contributed by atoms with Crippen LogP contribution in [0, 0.1) is 5.82 Å². The molecule has 2 atom stereocenters. The van der Waals surface area contributed by atoms with Crippen LogP contribution in [0.4, 0.5) is 15.9 Å². The molecule has 0 bridgehead atoms. The van der Waals surface area contributed by atoms with Crippen LogP contribution in [-0.4, -0.2) is 97.4 Å². The molecule has 0 aliphatic heterocycles. The molecule has 0 saturated carbocycles. The normalized spacial score (nSPS) is 12.7. The number of hydrogen-bond donors (Lipinski definition) is 3. The van der Waals surface area contributed by atoms with Crippen LogP contribution in [0.25, 0.3) is 10.9 Å². The lowest BCUT2D eigenvalue weighted by atomic mass is 10.1. The number of anilines is 2. The molecule has 0 saturated heterocycles. The number of aliphatic hydroxyl groups is 2. The highest BCUT2D eigenvalue weighted by atomic mass is 35.5. The van der Waals surface area contributed by atoms with Crippen LogP contribution >= 0.6 is 11.6 Å². The second-order valence-corrected chi connectivity index (χ2v) is 9.33. The number of halogens is 2. The standard InChI is InChI=1S/C27H34ClFN4O7/c1-37-8-6-33(7-9-38-2)26(36)12-18(34)11-19(35)15-40-25-13-20-23(14-24(25)39-3)30-16-31-27(20)32-17-4-5-22(29)21(28)10-17/h4-5,10,13-14,16,18-19,34-35H,6-9,11-12,15H2,1-3H3,(H,30,31,32). The SMILES string of the molecule is COCCN(CCOC)C(=O)CC(O)CC(O)COc1cc2c(Nc3ccc(F)c(Cl)c3)ncnc2cc1OC. The van der Waals surface area contributed by atoms with Crippen molar-refractivity contribution in [1.82, 2.24) is 14.9 Å². The minimum atomic E-state index is -1.08. The van der Waals surface area contributed by atoms with Gasteiger partial charge in [0.15, 0.2) is 11.5 Å². The van der Waals surface area contributed by atoms with Crippen molar-refractivity contribution in [2.24, 2.45) is 0 Å². The molecule has 2 unspecified atom stereocenters. The summed E-state index contributed by atoms with van der Waals surface area (Å²) in [5, 5.41) is 24.6. The number of carbonyl (C=O) groups excluding carboxylic acids is 1. The molecule has 0 fully saturated rings. The van der Waals surface area contributed by atoms with Crippen molar-refractivity contribution in [3.05, 3.63) is 47.5 Å². The summed E-state index contributed by atoms with van der Waals surface area (Å²) >= 11 is 5.90. The maximum atomic E-state index is 13.6. The van der Waals surface area contributed by atoms with Gasteiger partial charge in [-0.15, -0.1) is 0 Å². The molecule has 13 heteroatoms. The molecule has 11 nitrogen and oxygen atoms in total. The molecule has 1 amide bonds. The third kappa shape index (κ3) is 8.86. The van der Waals surface area contributed by atoms with Crippen molar-refractivity contribution >= 4 is 39.9 Å². The summed E-state index contributed by atoms with van der Waals surface area (Å²) in [6, 6.07) is 7.51. The zero-order valence-corrected chi connectivity index (χ0v) is 23.4. The van der Waals surface area contributed by atoms with Crippen molar-refractivity contribution in [3.8, 4) is 11.5 Å². The van der Waals surface area contributed by atoms with Crippen LogP contribution in [0.5, 0.6) is 11.5 Å². The van der Waals surface area contributed by atoms with E-state index in [1.165, 1.54) is 31.6 Å². The lowest BCUT2D eigenvalue weighted by molar-refractivity contribution is -0.135. The van der Waals surface area contributed by atoms with Crippen LogP contribution < -0.4 is 14.8 Å². The topological polar surface area (TPSA) is 136 Å². The van der Waals surface area contributed by atoms with E-state index in [4.69, 9.17) is 30.5 Å². The monoisotopic (exact) mass is 580 g/mol. The Morgan fingerprint density at radius 1 is 1.05 bits per heavy atom. The summed E-state index contributed by atoms with van der Waals surface area (Å²) in [7, 11) is 4.56. The van der Waals surface area contributed by atoms with Crippen molar-refractivity contribution < 1.29 is 38.3 Å². The summed E-state index contributed by atoms with van der Waals surface area (Å²) in [4.78, 5) is 22.7. The first-order valence-corrected chi connectivity index (χ1v) is 12.9. The Bertz CT molecular complexity index is 1260. The van der Waals surface area contributed by atoms with E-state index in [0.717, 1.165) is 0 Å². The number of methoxy groups -OCH3 is 3. The fourth-order valence-corrected chi connectivity index (χ4v) is 4.07. The summed E-state index contributed by atoms with van der Waals surface area (Å²) in [5.41, 5.74) is 1.07. The number of fused-ring (bicyclic) bond motifs is 1. The number of ether oxygens (including phenoxy) is 4. The molecule has 1 aromatic heterocycles. The van der Waals surface area contributed by atoms with Gasteiger partial charge in [0.2, 0.25) is 5.91 Å². The van der Waals surface area contributed by atoms with E-state index >= 15 is 0 Å². The number of benzene rings is 2. The third-order valence-electron chi connectivity index (χ3n) is 5.97. The fourth-order valence-electron chi connectivity index (χ4n) is 3.89. The Kier molecular flexibility index (Phi) is 12.1. The van der Waals surface area contributed by atoms with Gasteiger partial charge in [-0.2, -0.15) is 0 Å². The van der Waals surface area contributed by atoms with E-state index in [1.807, 2.05) is 0 Å². The Labute approximate surface area is 236 Å². The molecule has 0 aliphatic carbocycles. The molecule has 0 spiro atoms. The minimum absolute atomic E-state index is 0.0374. The molecule has 2 aromatic carbocycles. The minimum Gasteiger partial charge on any atom is -0.493 e. The molecule has 3 rings (SSSR count). The number of nitrogens with one attached hydrogen (secondary N) is 1. The van der Waals surface area contributed by atoms with E-state index in [0.29, 0.717) is 60.2 Å². The first-order chi connectivity index (χ1) is 19.2. The predicted molar refractivity (Wildman–Crippen MR) is 148 cm³/mol. The van der Waals surface area contributed by atoms with Crippen LogP contribution in [-0.2, 0) is 14.3 Å². The van der Waals surface area contributed by atoms with Crippen molar-refractivity contribution in [3.63, 3.8) is 0 Å². The fraction of sp³-hybridized carbons (Fsp3) is 0.444. The lowest BCUT2D eigenvalue weighted by Crippen LogP contribution is -2.38. The average molecular weight is 581 g/mol. The number of amides is 1. The van der Waals surface area contributed by atoms with Crippen LogP contribution in [0.15, 0.2) is 36.7 Å². The van der Waals surface area contributed by atoms with Crippen molar-refractivity contribution in [1.29, 1.82) is 0 Å². The van der Waals surface area contributed by atoms with Gasteiger partial charge in [0.1, 0.15) is 24.6 Å². The molecule has 1 heterocycles. The number of nitrogens with zero attached hydrogens (tertiary/aromatic N) is 3. The van der Waals surface area contributed by atoms with E-state index in [-0.39, 0.29) is 30.4 Å². The second-order valence-electron chi connectivity index (χ2n) is 8.92. The summed E-state index contributed by atoms with van der Waals surface area (Å²) in [6.45, 7) is 1.28. The zero-order valence-electron chi connectivity index (χ0n) is 22.6. The number of aliphatic hydroxyl groups excluding tert-OH is 2. The number of rotatable bonds is 16. The maximum absolute atomic E-state index is 13.6. The van der Waals surface area contributed by atoms with Gasteiger partial charge < -0.3 is 39.4 Å². The summed E-state index contributed by atoms with van der Waals surface area (Å²) in [5.74, 6) is 0.286. The van der Waals surface area contributed by atoms with E-state index < -0.39 is 18.0 Å². The Hall–Kier alpha value is -3.29. The van der Waals surface area contributed by atoms with Crippen LogP contribution in [0.3, 0.4) is 0 Å². The first kappa shape index (κ1) is 31.2. The molecular weight excluding hydrogens is 547 g/mol. The molecule has 0 aliphatic rings. The average Bonchev–Trinajstić information content (AvgIpc) is 2.93. The highest BCUT2D eigenvalue weighted by Crippen LogP contribution is 2.35. The van der Waals surface area contributed by atoms with Gasteiger partial charge in [0, 0.05) is 50.9 Å². The summed E-state index contributed by atoms with van der Waals surface area (Å²) < 4.78 is 34.9. The van der Waals surface area contributed by atoms with Gasteiger partial charge >= 0.3 is 0 Å². The molecular formula is C27H34ClFN4O7. The van der Waals surface area contributed by atoms with Gasteiger partial charge in [0.05, 0.1) is 49.5 Å². The quantitative estimate of drug-likeness (QED) is 0.232. The van der Waals surface area contributed by atoms with Gasteiger partial charge in [-0.1, -0.05) is 11.6 Å². The van der Waals surface area contributed by atoms with Crippen LogP contribution in [0.2, 0.25) is 5.02 Å². The zero-order chi connectivity index (χ0) is 29.1. The number of hydrogen-bond acceptors (Lipinski definition) is 10. The molecule has 3 aromatic rings.